The number of ether oxygens (including phenoxy) is 1. The number of aromatic hydroxyl groups is 1. The molecule has 1 atom stereocenters. The highest BCUT2D eigenvalue weighted by molar-refractivity contribution is 5.86. The Labute approximate surface area is 98.6 Å². The summed E-state index contributed by atoms with van der Waals surface area (Å²) in [6.45, 7) is 1.57. The van der Waals surface area contributed by atoms with Crippen molar-refractivity contribution < 1.29 is 14.6 Å². The van der Waals surface area contributed by atoms with E-state index in [0.717, 1.165) is 10.8 Å². The average molecular weight is 231 g/mol. The smallest absolute Gasteiger partial charge is 0.328 e. The van der Waals surface area contributed by atoms with Crippen LogP contribution < -0.4 is 10.5 Å². The SMILES string of the molecule is C[C@H](N)C(=O)Oc1ccc2cc(O)ccc2c1. The number of benzene rings is 2. The highest BCUT2D eigenvalue weighted by atomic mass is 16.5. The van der Waals surface area contributed by atoms with E-state index in [9.17, 15) is 9.90 Å². The lowest BCUT2D eigenvalue weighted by atomic mass is 10.1. The standard InChI is InChI=1S/C13H13NO3/c1-8(14)13(16)17-12-5-3-9-6-11(15)4-2-10(9)7-12/h2-8,15H,14H2,1H3/t8-/m0/s1. The highest BCUT2D eigenvalue weighted by Crippen LogP contribution is 2.24. The molecule has 88 valence electrons. The number of phenolic OH excluding ortho intramolecular Hbond substituents is 1. The van der Waals surface area contributed by atoms with Gasteiger partial charge in [0.2, 0.25) is 0 Å². The molecule has 0 spiro atoms. The third kappa shape index (κ3) is 2.54. The molecule has 4 nitrogen and oxygen atoms in total. The maximum absolute atomic E-state index is 11.3. The molecule has 2 aromatic rings. The van der Waals surface area contributed by atoms with Crippen LogP contribution >= 0.6 is 0 Å². The van der Waals surface area contributed by atoms with Crippen molar-refractivity contribution in [3.8, 4) is 11.5 Å². The van der Waals surface area contributed by atoms with Gasteiger partial charge >= 0.3 is 5.97 Å². The first-order chi connectivity index (χ1) is 8.06. The molecule has 2 rings (SSSR count). The van der Waals surface area contributed by atoms with Crippen LogP contribution in [0, 0.1) is 0 Å². The largest absolute Gasteiger partial charge is 0.508 e. The average Bonchev–Trinajstić information content (AvgIpc) is 2.29. The highest BCUT2D eigenvalue weighted by Gasteiger charge is 2.10. The summed E-state index contributed by atoms with van der Waals surface area (Å²) in [4.78, 5) is 11.3. The van der Waals surface area contributed by atoms with Gasteiger partial charge in [-0.05, 0) is 42.0 Å². The van der Waals surface area contributed by atoms with Crippen LogP contribution in [0.15, 0.2) is 36.4 Å². The molecule has 0 aliphatic rings. The summed E-state index contributed by atoms with van der Waals surface area (Å²) in [5.74, 6) is 0.187. The molecule has 2 aromatic carbocycles. The van der Waals surface area contributed by atoms with E-state index in [1.165, 1.54) is 0 Å². The summed E-state index contributed by atoms with van der Waals surface area (Å²) in [6, 6.07) is 9.51. The van der Waals surface area contributed by atoms with E-state index < -0.39 is 12.0 Å². The third-order valence-corrected chi connectivity index (χ3v) is 2.39. The first-order valence-electron chi connectivity index (χ1n) is 5.26. The summed E-state index contributed by atoms with van der Waals surface area (Å²) in [6.07, 6.45) is 0. The van der Waals surface area contributed by atoms with Gasteiger partial charge in [-0.1, -0.05) is 12.1 Å². The van der Waals surface area contributed by atoms with Crippen LogP contribution in [0.2, 0.25) is 0 Å². The topological polar surface area (TPSA) is 72.6 Å². The Morgan fingerprint density at radius 3 is 2.59 bits per heavy atom. The van der Waals surface area contributed by atoms with Crippen LogP contribution in [0.5, 0.6) is 11.5 Å². The van der Waals surface area contributed by atoms with Crippen molar-refractivity contribution in [1.29, 1.82) is 0 Å². The Morgan fingerprint density at radius 1 is 1.24 bits per heavy atom. The first kappa shape index (κ1) is 11.4. The molecule has 0 unspecified atom stereocenters. The second-order valence-corrected chi connectivity index (χ2v) is 3.90. The lowest BCUT2D eigenvalue weighted by molar-refractivity contribution is -0.135. The molecule has 0 saturated heterocycles. The Hall–Kier alpha value is -2.07. The van der Waals surface area contributed by atoms with Crippen molar-refractivity contribution in [1.82, 2.24) is 0 Å². The van der Waals surface area contributed by atoms with Crippen LogP contribution in [0.3, 0.4) is 0 Å². The predicted molar refractivity (Wildman–Crippen MR) is 64.9 cm³/mol. The second-order valence-electron chi connectivity index (χ2n) is 3.90. The molecule has 0 amide bonds. The summed E-state index contributed by atoms with van der Waals surface area (Å²) >= 11 is 0. The molecule has 0 aliphatic heterocycles. The Balaban J connectivity index is 2.32. The van der Waals surface area contributed by atoms with E-state index in [1.807, 2.05) is 0 Å². The lowest BCUT2D eigenvalue weighted by Gasteiger charge is -2.07. The normalized spacial score (nSPS) is 12.4. The number of rotatable bonds is 2. The Bertz CT molecular complexity index is 564. The van der Waals surface area contributed by atoms with E-state index in [-0.39, 0.29) is 5.75 Å². The van der Waals surface area contributed by atoms with E-state index in [4.69, 9.17) is 10.5 Å². The number of carbonyl (C=O) groups excluding carboxylic acids is 1. The fraction of sp³-hybridized carbons (Fsp3) is 0.154. The van der Waals surface area contributed by atoms with Crippen molar-refractivity contribution in [2.75, 3.05) is 0 Å². The van der Waals surface area contributed by atoms with E-state index in [2.05, 4.69) is 0 Å². The maximum Gasteiger partial charge on any atom is 0.328 e. The summed E-state index contributed by atoms with van der Waals surface area (Å²) in [7, 11) is 0. The Morgan fingerprint density at radius 2 is 1.88 bits per heavy atom. The van der Waals surface area contributed by atoms with Crippen LogP contribution in [0.4, 0.5) is 0 Å². The number of fused-ring (bicyclic) bond motifs is 1. The van der Waals surface area contributed by atoms with E-state index in [0.29, 0.717) is 5.75 Å². The van der Waals surface area contributed by atoms with Crippen LogP contribution in [-0.2, 0) is 4.79 Å². The van der Waals surface area contributed by atoms with Crippen LogP contribution in [0.25, 0.3) is 10.8 Å². The predicted octanol–water partition coefficient (Wildman–Crippen LogP) is 1.80. The van der Waals surface area contributed by atoms with Gasteiger partial charge in [-0.3, -0.25) is 0 Å². The van der Waals surface area contributed by atoms with Crippen molar-refractivity contribution in [2.45, 2.75) is 13.0 Å². The van der Waals surface area contributed by atoms with Crippen LogP contribution in [0.1, 0.15) is 6.92 Å². The Kier molecular flexibility index (Phi) is 2.97. The number of phenols is 1. The molecule has 0 fully saturated rings. The fourth-order valence-corrected chi connectivity index (χ4v) is 1.48. The molecule has 3 N–H and O–H groups in total. The molecule has 0 saturated carbocycles. The molecule has 4 heteroatoms. The summed E-state index contributed by atoms with van der Waals surface area (Å²) < 4.78 is 5.09. The van der Waals surface area contributed by atoms with Crippen molar-refractivity contribution >= 4 is 16.7 Å². The van der Waals surface area contributed by atoms with Gasteiger partial charge in [0.25, 0.3) is 0 Å². The zero-order valence-corrected chi connectivity index (χ0v) is 9.38. The lowest BCUT2D eigenvalue weighted by Crippen LogP contribution is -2.30. The van der Waals surface area contributed by atoms with Gasteiger partial charge < -0.3 is 15.6 Å². The van der Waals surface area contributed by atoms with Crippen molar-refractivity contribution in [3.63, 3.8) is 0 Å². The molecule has 0 aromatic heterocycles. The van der Waals surface area contributed by atoms with E-state index >= 15 is 0 Å². The zero-order chi connectivity index (χ0) is 12.4. The summed E-state index contributed by atoms with van der Waals surface area (Å²) in [5.41, 5.74) is 5.41. The van der Waals surface area contributed by atoms with Gasteiger partial charge in [-0.2, -0.15) is 0 Å². The quantitative estimate of drug-likeness (QED) is 0.610. The van der Waals surface area contributed by atoms with Gasteiger partial charge in [0.15, 0.2) is 0 Å². The van der Waals surface area contributed by atoms with Gasteiger partial charge in [-0.15, -0.1) is 0 Å². The van der Waals surface area contributed by atoms with Gasteiger partial charge in [0.05, 0.1) is 0 Å². The molecular formula is C13H13NO3. The number of hydrogen-bond acceptors (Lipinski definition) is 4. The van der Waals surface area contributed by atoms with Crippen molar-refractivity contribution in [3.05, 3.63) is 36.4 Å². The minimum absolute atomic E-state index is 0.206. The third-order valence-electron chi connectivity index (χ3n) is 2.39. The fourth-order valence-electron chi connectivity index (χ4n) is 1.48. The maximum atomic E-state index is 11.3. The number of hydrogen-bond donors (Lipinski definition) is 2. The molecule has 17 heavy (non-hydrogen) atoms. The minimum atomic E-state index is -0.648. The van der Waals surface area contributed by atoms with E-state index in [1.54, 1.807) is 43.3 Å². The second kappa shape index (κ2) is 4.43. The van der Waals surface area contributed by atoms with Gasteiger partial charge in [-0.25, -0.2) is 4.79 Å². The first-order valence-corrected chi connectivity index (χ1v) is 5.26. The number of carbonyl (C=O) groups is 1. The molecule has 0 heterocycles. The summed E-state index contributed by atoms with van der Waals surface area (Å²) in [5, 5.41) is 11.1. The zero-order valence-electron chi connectivity index (χ0n) is 9.38. The van der Waals surface area contributed by atoms with Crippen molar-refractivity contribution in [2.24, 2.45) is 5.73 Å². The minimum Gasteiger partial charge on any atom is -0.508 e. The van der Waals surface area contributed by atoms with Gasteiger partial charge in [0.1, 0.15) is 17.5 Å². The monoisotopic (exact) mass is 231 g/mol. The molecular weight excluding hydrogens is 218 g/mol. The molecule has 0 aliphatic carbocycles. The van der Waals surface area contributed by atoms with Gasteiger partial charge in [0, 0.05) is 0 Å². The molecule has 0 bridgehead atoms. The number of esters is 1. The molecule has 0 radical (unpaired) electrons. The van der Waals surface area contributed by atoms with Crippen LogP contribution in [-0.4, -0.2) is 17.1 Å². The number of nitrogens with two attached hydrogens (primary N) is 1.